The summed E-state index contributed by atoms with van der Waals surface area (Å²) in [5, 5.41) is 6.53. The summed E-state index contributed by atoms with van der Waals surface area (Å²) >= 11 is 5.84. The zero-order chi connectivity index (χ0) is 20.6. The molecule has 0 spiro atoms. The van der Waals surface area contributed by atoms with E-state index in [4.69, 9.17) is 16.3 Å². The van der Waals surface area contributed by atoms with Gasteiger partial charge in [0.15, 0.2) is 0 Å². The largest absolute Gasteiger partial charge is 0.492 e. The molecule has 0 saturated heterocycles. The van der Waals surface area contributed by atoms with Crippen molar-refractivity contribution in [3.05, 3.63) is 59.1 Å². The molecular weight excluding hydrogens is 390 g/mol. The summed E-state index contributed by atoms with van der Waals surface area (Å²) in [4.78, 5) is 26.1. The van der Waals surface area contributed by atoms with Gasteiger partial charge in [0.1, 0.15) is 12.4 Å². The van der Waals surface area contributed by atoms with Crippen molar-refractivity contribution in [1.29, 1.82) is 0 Å². The summed E-state index contributed by atoms with van der Waals surface area (Å²) in [6.45, 7) is 0.794. The molecule has 3 rings (SSSR count). The number of urea groups is 1. The molecule has 1 fully saturated rings. The zero-order valence-corrected chi connectivity index (χ0v) is 17.2. The lowest BCUT2D eigenvalue weighted by Crippen LogP contribution is -2.34. The first-order chi connectivity index (χ1) is 14.0. The third kappa shape index (κ3) is 6.39. The Morgan fingerprint density at radius 2 is 1.72 bits per heavy atom. The van der Waals surface area contributed by atoms with E-state index in [-0.39, 0.29) is 18.0 Å². The van der Waals surface area contributed by atoms with Gasteiger partial charge in [-0.1, -0.05) is 24.4 Å². The fourth-order valence-corrected chi connectivity index (χ4v) is 3.32. The maximum atomic E-state index is 12.3. The summed E-state index contributed by atoms with van der Waals surface area (Å²) in [5.74, 6) is 0.640. The van der Waals surface area contributed by atoms with Crippen molar-refractivity contribution in [2.45, 2.75) is 31.7 Å². The van der Waals surface area contributed by atoms with Crippen molar-refractivity contribution in [1.82, 2.24) is 10.2 Å². The highest BCUT2D eigenvalue weighted by Gasteiger charge is 2.18. The minimum Gasteiger partial charge on any atom is -0.492 e. The maximum absolute atomic E-state index is 12.3. The molecule has 29 heavy (non-hydrogen) atoms. The van der Waals surface area contributed by atoms with Gasteiger partial charge in [0.25, 0.3) is 5.91 Å². The highest BCUT2D eigenvalue weighted by molar-refractivity contribution is 6.30. The number of hydrogen-bond acceptors (Lipinski definition) is 3. The molecule has 1 aliphatic rings. The van der Waals surface area contributed by atoms with Crippen molar-refractivity contribution in [3.63, 3.8) is 0 Å². The van der Waals surface area contributed by atoms with Crippen molar-refractivity contribution in [2.24, 2.45) is 0 Å². The monoisotopic (exact) mass is 415 g/mol. The normalized spacial score (nSPS) is 13.7. The first kappa shape index (κ1) is 21.0. The summed E-state index contributed by atoms with van der Waals surface area (Å²) < 4.78 is 5.60. The Hall–Kier alpha value is -2.73. The van der Waals surface area contributed by atoms with Crippen LogP contribution >= 0.6 is 11.6 Å². The van der Waals surface area contributed by atoms with Gasteiger partial charge < -0.3 is 20.3 Å². The molecule has 154 valence electrons. The van der Waals surface area contributed by atoms with E-state index in [9.17, 15) is 9.59 Å². The van der Waals surface area contributed by atoms with Crippen LogP contribution in [0.25, 0.3) is 0 Å². The van der Waals surface area contributed by atoms with Gasteiger partial charge in [-0.2, -0.15) is 0 Å². The highest BCUT2D eigenvalue weighted by Crippen LogP contribution is 2.19. The van der Waals surface area contributed by atoms with Gasteiger partial charge >= 0.3 is 6.03 Å². The lowest BCUT2D eigenvalue weighted by atomic mass is 10.1. The summed E-state index contributed by atoms with van der Waals surface area (Å²) in [6.07, 6.45) is 4.45. The summed E-state index contributed by atoms with van der Waals surface area (Å²) in [6, 6.07) is 14.0. The standard InChI is InChI=1S/C22H26ClN3O3/c1-26(14-15-29-20-12-8-17(23)9-13-20)22(28)25-19-10-6-16(7-11-19)21(27)24-18-4-2-3-5-18/h6-13,18H,2-5,14-15H2,1H3,(H,24,27)(H,25,28). The molecule has 0 unspecified atom stereocenters. The van der Waals surface area contributed by atoms with Crippen LogP contribution in [0.1, 0.15) is 36.0 Å². The number of benzene rings is 2. The second-order valence-corrected chi connectivity index (χ2v) is 7.62. The quantitative estimate of drug-likeness (QED) is 0.696. The fraction of sp³-hybridized carbons (Fsp3) is 0.364. The molecule has 0 aliphatic heterocycles. The molecule has 0 heterocycles. The lowest BCUT2D eigenvalue weighted by molar-refractivity contribution is 0.0938. The van der Waals surface area contributed by atoms with E-state index in [1.165, 1.54) is 17.7 Å². The second kappa shape index (κ2) is 10.2. The van der Waals surface area contributed by atoms with Crippen LogP contribution in [-0.2, 0) is 0 Å². The smallest absolute Gasteiger partial charge is 0.321 e. The van der Waals surface area contributed by atoms with Gasteiger partial charge in [-0.05, 0) is 61.4 Å². The van der Waals surface area contributed by atoms with Crippen molar-refractivity contribution < 1.29 is 14.3 Å². The number of nitrogens with one attached hydrogen (secondary N) is 2. The molecule has 0 radical (unpaired) electrons. The van der Waals surface area contributed by atoms with Crippen LogP contribution in [-0.4, -0.2) is 43.1 Å². The molecule has 2 aromatic rings. The minimum atomic E-state index is -0.243. The number of nitrogens with zero attached hydrogens (tertiary/aromatic N) is 1. The average Bonchev–Trinajstić information content (AvgIpc) is 3.23. The summed E-state index contributed by atoms with van der Waals surface area (Å²) in [7, 11) is 1.70. The molecule has 0 bridgehead atoms. The first-order valence-corrected chi connectivity index (χ1v) is 10.2. The van der Waals surface area contributed by atoms with Gasteiger partial charge in [0.2, 0.25) is 0 Å². The zero-order valence-electron chi connectivity index (χ0n) is 16.5. The number of ether oxygens (including phenoxy) is 1. The Morgan fingerprint density at radius 1 is 1.07 bits per heavy atom. The van der Waals surface area contributed by atoms with Crippen molar-refractivity contribution >= 4 is 29.2 Å². The molecule has 3 amide bonds. The fourth-order valence-electron chi connectivity index (χ4n) is 3.20. The summed E-state index contributed by atoms with van der Waals surface area (Å²) in [5.41, 5.74) is 1.23. The van der Waals surface area contributed by atoms with E-state index in [2.05, 4.69) is 10.6 Å². The second-order valence-electron chi connectivity index (χ2n) is 7.19. The number of carbonyl (C=O) groups is 2. The molecular formula is C22H26ClN3O3. The number of anilines is 1. The molecule has 7 heteroatoms. The molecule has 2 aromatic carbocycles. The van der Waals surface area contributed by atoms with Crippen molar-refractivity contribution in [2.75, 3.05) is 25.5 Å². The average molecular weight is 416 g/mol. The molecule has 1 aliphatic carbocycles. The van der Waals surface area contributed by atoms with Gasteiger partial charge in [0.05, 0.1) is 6.54 Å². The maximum Gasteiger partial charge on any atom is 0.321 e. The number of hydrogen-bond donors (Lipinski definition) is 2. The van der Waals surface area contributed by atoms with E-state index >= 15 is 0 Å². The Balaban J connectivity index is 1.42. The Morgan fingerprint density at radius 3 is 2.38 bits per heavy atom. The minimum absolute atomic E-state index is 0.0637. The third-order valence-electron chi connectivity index (χ3n) is 4.94. The third-order valence-corrected chi connectivity index (χ3v) is 5.20. The number of halogens is 1. The predicted molar refractivity (Wildman–Crippen MR) is 115 cm³/mol. The molecule has 1 saturated carbocycles. The van der Waals surface area contributed by atoms with Gasteiger partial charge in [-0.3, -0.25) is 4.79 Å². The van der Waals surface area contributed by atoms with E-state index in [0.717, 1.165) is 12.8 Å². The van der Waals surface area contributed by atoms with Crippen molar-refractivity contribution in [3.8, 4) is 5.75 Å². The SMILES string of the molecule is CN(CCOc1ccc(Cl)cc1)C(=O)Nc1ccc(C(=O)NC2CCCC2)cc1. The van der Waals surface area contributed by atoms with Gasteiger partial charge in [0, 0.05) is 29.4 Å². The van der Waals surface area contributed by atoms with E-state index in [1.54, 1.807) is 55.6 Å². The van der Waals surface area contributed by atoms with E-state index in [0.29, 0.717) is 35.2 Å². The number of carbonyl (C=O) groups excluding carboxylic acids is 2. The Kier molecular flexibility index (Phi) is 7.36. The lowest BCUT2D eigenvalue weighted by Gasteiger charge is -2.18. The van der Waals surface area contributed by atoms with Crippen LogP contribution in [0.3, 0.4) is 0 Å². The van der Waals surface area contributed by atoms with E-state index < -0.39 is 0 Å². The Labute approximate surface area is 176 Å². The molecule has 0 atom stereocenters. The first-order valence-electron chi connectivity index (χ1n) is 9.82. The molecule has 2 N–H and O–H groups in total. The van der Waals surface area contributed by atoms with Crippen LogP contribution in [0.4, 0.5) is 10.5 Å². The highest BCUT2D eigenvalue weighted by atomic mass is 35.5. The van der Waals surface area contributed by atoms with Crippen LogP contribution in [0.15, 0.2) is 48.5 Å². The van der Waals surface area contributed by atoms with Crippen LogP contribution < -0.4 is 15.4 Å². The molecule has 6 nitrogen and oxygen atoms in total. The van der Waals surface area contributed by atoms with Gasteiger partial charge in [-0.25, -0.2) is 4.79 Å². The van der Waals surface area contributed by atoms with Crippen LogP contribution in [0.5, 0.6) is 5.75 Å². The van der Waals surface area contributed by atoms with Crippen LogP contribution in [0.2, 0.25) is 5.02 Å². The molecule has 0 aromatic heterocycles. The van der Waals surface area contributed by atoms with E-state index in [1.807, 2.05) is 0 Å². The number of likely N-dealkylation sites (N-methyl/N-ethyl adjacent to an activating group) is 1. The number of amides is 3. The van der Waals surface area contributed by atoms with Gasteiger partial charge in [-0.15, -0.1) is 0 Å². The topological polar surface area (TPSA) is 70.7 Å². The predicted octanol–water partition coefficient (Wildman–Crippen LogP) is 4.56. The Bertz CT molecular complexity index is 818. The number of rotatable bonds is 7. The van der Waals surface area contributed by atoms with Crippen LogP contribution in [0, 0.1) is 0 Å².